The number of fused-ring (bicyclic) bond motifs is 1. The first-order chi connectivity index (χ1) is 20.9. The van der Waals surface area contributed by atoms with Crippen LogP contribution < -0.4 is 9.47 Å². The Morgan fingerprint density at radius 2 is 1.60 bits per heavy atom. The molecule has 0 radical (unpaired) electrons. The van der Waals surface area contributed by atoms with E-state index < -0.39 is 5.92 Å². The summed E-state index contributed by atoms with van der Waals surface area (Å²) in [5.74, 6) is 1.04. The molecule has 224 valence electrons. The van der Waals surface area contributed by atoms with E-state index in [0.717, 1.165) is 69.4 Å². The number of allylic oxidation sites excluding steroid dienone is 4. The van der Waals surface area contributed by atoms with Crippen molar-refractivity contribution in [3.63, 3.8) is 0 Å². The molecule has 7 heteroatoms. The van der Waals surface area contributed by atoms with Gasteiger partial charge in [-0.15, -0.1) is 0 Å². The van der Waals surface area contributed by atoms with E-state index in [1.165, 1.54) is 10.8 Å². The van der Waals surface area contributed by atoms with Crippen LogP contribution in [0, 0.1) is 6.92 Å². The van der Waals surface area contributed by atoms with Gasteiger partial charge in [0, 0.05) is 60.5 Å². The highest BCUT2D eigenvalue weighted by atomic mass is 79.9. The van der Waals surface area contributed by atoms with Crippen LogP contribution in [-0.2, 0) is 20.9 Å². The number of hydrogen-bond donors (Lipinski definition) is 0. The molecule has 1 heterocycles. The Bertz CT molecular complexity index is 1610. The van der Waals surface area contributed by atoms with E-state index >= 15 is 0 Å². The Hall–Kier alpha value is -3.42. The van der Waals surface area contributed by atoms with Crippen LogP contribution in [-0.4, -0.2) is 43.3 Å². The SMILES string of the molecule is CCOc1cc(C2C3=C(CCCC3=O)N(CCOC)C3=C2C(=O)CCC3)cc(Br)c1OCc1c(C)ccc2ccccc12. The molecule has 6 rings (SSSR count). The van der Waals surface area contributed by atoms with Gasteiger partial charge in [-0.05, 0) is 89.5 Å². The number of ketones is 2. The van der Waals surface area contributed by atoms with E-state index in [-0.39, 0.29) is 11.6 Å². The molecule has 43 heavy (non-hydrogen) atoms. The molecule has 3 aromatic carbocycles. The molecule has 0 unspecified atom stereocenters. The molecule has 0 fully saturated rings. The maximum atomic E-state index is 13.7. The van der Waals surface area contributed by atoms with Gasteiger partial charge in [0.15, 0.2) is 23.1 Å². The van der Waals surface area contributed by atoms with Crippen molar-refractivity contribution in [2.24, 2.45) is 0 Å². The molecule has 0 bridgehead atoms. The highest BCUT2D eigenvalue weighted by molar-refractivity contribution is 9.10. The predicted octanol–water partition coefficient (Wildman–Crippen LogP) is 7.95. The molecule has 2 aliphatic carbocycles. The Morgan fingerprint density at radius 1 is 0.907 bits per heavy atom. The maximum Gasteiger partial charge on any atom is 0.175 e. The van der Waals surface area contributed by atoms with Crippen LogP contribution >= 0.6 is 15.9 Å². The van der Waals surface area contributed by atoms with Crippen molar-refractivity contribution in [3.8, 4) is 11.5 Å². The first kappa shape index (κ1) is 29.6. The van der Waals surface area contributed by atoms with Gasteiger partial charge in [0.1, 0.15) is 6.61 Å². The first-order valence-corrected chi connectivity index (χ1v) is 16.1. The molecule has 0 saturated heterocycles. The van der Waals surface area contributed by atoms with Crippen LogP contribution in [0.5, 0.6) is 11.5 Å². The topological polar surface area (TPSA) is 65.1 Å². The highest BCUT2D eigenvalue weighted by Crippen LogP contribution is 2.51. The lowest BCUT2D eigenvalue weighted by atomic mass is 9.71. The monoisotopic (exact) mass is 643 g/mol. The molecule has 0 aromatic heterocycles. The zero-order chi connectivity index (χ0) is 30.1. The molecule has 0 saturated carbocycles. The van der Waals surface area contributed by atoms with Crippen LogP contribution in [0.1, 0.15) is 68.1 Å². The van der Waals surface area contributed by atoms with Gasteiger partial charge in [0.2, 0.25) is 0 Å². The van der Waals surface area contributed by atoms with E-state index in [2.05, 4.69) is 52.0 Å². The van der Waals surface area contributed by atoms with Crippen molar-refractivity contribution < 1.29 is 23.8 Å². The van der Waals surface area contributed by atoms with Crippen molar-refractivity contribution in [1.82, 2.24) is 4.90 Å². The van der Waals surface area contributed by atoms with Crippen molar-refractivity contribution in [2.75, 3.05) is 26.9 Å². The number of ether oxygens (including phenoxy) is 3. The van der Waals surface area contributed by atoms with Gasteiger partial charge < -0.3 is 19.1 Å². The van der Waals surface area contributed by atoms with Gasteiger partial charge in [-0.2, -0.15) is 0 Å². The van der Waals surface area contributed by atoms with E-state index in [1.807, 2.05) is 31.2 Å². The second-order valence-corrected chi connectivity index (χ2v) is 12.3. The summed E-state index contributed by atoms with van der Waals surface area (Å²) in [6.07, 6.45) is 4.26. The molecule has 3 aromatic rings. The number of benzene rings is 3. The summed E-state index contributed by atoms with van der Waals surface area (Å²) >= 11 is 3.79. The van der Waals surface area contributed by atoms with E-state index in [1.54, 1.807) is 7.11 Å². The molecule has 3 aliphatic rings. The lowest BCUT2D eigenvalue weighted by Crippen LogP contribution is -2.40. The molecule has 0 N–H and O–H groups in total. The molecule has 1 aliphatic heterocycles. The lowest BCUT2D eigenvalue weighted by Gasteiger charge is -2.44. The van der Waals surface area contributed by atoms with E-state index in [0.29, 0.717) is 50.7 Å². The average molecular weight is 645 g/mol. The van der Waals surface area contributed by atoms with Crippen LogP contribution in [0.2, 0.25) is 0 Å². The number of hydrogen-bond acceptors (Lipinski definition) is 6. The Morgan fingerprint density at radius 3 is 2.28 bits per heavy atom. The normalized spacial score (nSPS) is 17.4. The molecule has 0 amide bonds. The fourth-order valence-corrected chi connectivity index (χ4v) is 7.51. The number of nitrogens with zero attached hydrogens (tertiary/aromatic N) is 1. The van der Waals surface area contributed by atoms with Gasteiger partial charge in [-0.25, -0.2) is 0 Å². The van der Waals surface area contributed by atoms with Crippen LogP contribution in [0.3, 0.4) is 0 Å². The highest BCUT2D eigenvalue weighted by Gasteiger charge is 2.43. The third-order valence-corrected chi connectivity index (χ3v) is 9.50. The number of rotatable bonds is 9. The minimum atomic E-state index is -0.422. The second kappa shape index (κ2) is 12.7. The molecular formula is C36H38BrNO5. The van der Waals surface area contributed by atoms with Gasteiger partial charge in [0.05, 0.1) is 17.7 Å². The fraction of sp³-hybridized carbons (Fsp3) is 0.389. The second-order valence-electron chi connectivity index (χ2n) is 11.5. The number of methoxy groups -OCH3 is 1. The molecular weight excluding hydrogens is 606 g/mol. The van der Waals surface area contributed by atoms with E-state index in [9.17, 15) is 9.59 Å². The van der Waals surface area contributed by atoms with Crippen molar-refractivity contribution in [1.29, 1.82) is 0 Å². The van der Waals surface area contributed by atoms with Gasteiger partial charge in [0.25, 0.3) is 0 Å². The number of Topliss-reactive ketones (excluding diaryl/α,β-unsaturated/α-hetero) is 2. The van der Waals surface area contributed by atoms with Gasteiger partial charge in [-0.1, -0.05) is 36.4 Å². The van der Waals surface area contributed by atoms with Gasteiger partial charge >= 0.3 is 0 Å². The van der Waals surface area contributed by atoms with Crippen LogP contribution in [0.4, 0.5) is 0 Å². The standard InChI is InChI=1S/C36H38BrNO5/c1-4-42-32-20-24(19-27(37)36(32)43-21-26-22(2)15-16-23-9-5-6-10-25(23)26)33-34-28(11-7-13-30(34)39)38(17-18-41-3)29-12-8-14-31(40)35(29)33/h5-6,9-10,15-16,19-20,33H,4,7-8,11-14,17-18,21H2,1-3H3. The van der Waals surface area contributed by atoms with Crippen LogP contribution in [0.15, 0.2) is 75.5 Å². The summed E-state index contributed by atoms with van der Waals surface area (Å²) in [5.41, 5.74) is 6.78. The third-order valence-electron chi connectivity index (χ3n) is 8.91. The zero-order valence-corrected chi connectivity index (χ0v) is 26.7. The van der Waals surface area contributed by atoms with Crippen molar-refractivity contribution in [3.05, 3.63) is 92.2 Å². The fourth-order valence-electron chi connectivity index (χ4n) is 6.94. The van der Waals surface area contributed by atoms with E-state index in [4.69, 9.17) is 14.2 Å². The summed E-state index contributed by atoms with van der Waals surface area (Å²) in [5, 5.41) is 2.34. The van der Waals surface area contributed by atoms with Crippen molar-refractivity contribution in [2.45, 2.75) is 64.9 Å². The average Bonchev–Trinajstić information content (AvgIpc) is 3.00. The number of carbonyl (C=O) groups excluding carboxylic acids is 2. The van der Waals surface area contributed by atoms with Gasteiger partial charge in [-0.3, -0.25) is 9.59 Å². The summed E-state index contributed by atoms with van der Waals surface area (Å²) in [4.78, 5) is 29.5. The molecule has 6 nitrogen and oxygen atoms in total. The molecule has 0 atom stereocenters. The quantitative estimate of drug-likeness (QED) is 0.236. The maximum absolute atomic E-state index is 13.7. The Kier molecular flexibility index (Phi) is 8.73. The third kappa shape index (κ3) is 5.53. The largest absolute Gasteiger partial charge is 0.490 e. The Balaban J connectivity index is 1.44. The lowest BCUT2D eigenvalue weighted by molar-refractivity contribution is -0.117. The van der Waals surface area contributed by atoms with Crippen molar-refractivity contribution >= 4 is 38.3 Å². The minimum absolute atomic E-state index is 0.124. The summed E-state index contributed by atoms with van der Waals surface area (Å²) < 4.78 is 18.8. The number of halogens is 1. The summed E-state index contributed by atoms with van der Waals surface area (Å²) in [7, 11) is 1.69. The zero-order valence-electron chi connectivity index (χ0n) is 25.1. The Labute approximate surface area is 261 Å². The summed E-state index contributed by atoms with van der Waals surface area (Å²) in [6, 6.07) is 16.6. The first-order valence-electron chi connectivity index (χ1n) is 15.3. The number of carbonyl (C=O) groups is 2. The smallest absolute Gasteiger partial charge is 0.175 e. The number of aryl methyl sites for hydroxylation is 1. The van der Waals surface area contributed by atoms with Crippen LogP contribution in [0.25, 0.3) is 10.8 Å². The molecule has 0 spiro atoms. The predicted molar refractivity (Wildman–Crippen MR) is 171 cm³/mol. The minimum Gasteiger partial charge on any atom is -0.490 e. The summed E-state index contributed by atoms with van der Waals surface area (Å²) in [6.45, 7) is 6.05.